The highest BCUT2D eigenvalue weighted by Gasteiger charge is 2.24. The quantitative estimate of drug-likeness (QED) is 0.920. The van der Waals surface area contributed by atoms with E-state index in [-0.39, 0.29) is 0 Å². The Morgan fingerprint density at radius 3 is 2.86 bits per heavy atom. The Balaban J connectivity index is 1.91. The lowest BCUT2D eigenvalue weighted by atomic mass is 10.0. The molecule has 1 aliphatic heterocycles. The number of benzene rings is 2. The monoisotopic (exact) mass is 282 g/mol. The molecule has 0 amide bonds. The number of hydrogen-bond donors (Lipinski definition) is 1. The summed E-state index contributed by atoms with van der Waals surface area (Å²) >= 11 is 0. The fraction of sp³-hybridized carbons (Fsp3) is 0.333. The summed E-state index contributed by atoms with van der Waals surface area (Å²) in [5, 5.41) is 3.54. The van der Waals surface area contributed by atoms with Gasteiger partial charge in [-0.05, 0) is 36.2 Å². The Bertz CT molecular complexity index is 612. The van der Waals surface area contributed by atoms with Crippen LogP contribution in [0.15, 0.2) is 48.5 Å². The van der Waals surface area contributed by atoms with Gasteiger partial charge in [0.25, 0.3) is 0 Å². The Hall–Kier alpha value is -2.16. The number of methoxy groups -OCH3 is 1. The van der Waals surface area contributed by atoms with Gasteiger partial charge in [0.15, 0.2) is 0 Å². The molecule has 3 heteroatoms. The molecule has 2 aromatic carbocycles. The largest absolute Gasteiger partial charge is 0.497 e. The van der Waals surface area contributed by atoms with E-state index < -0.39 is 0 Å². The van der Waals surface area contributed by atoms with Crippen LogP contribution in [0.1, 0.15) is 18.9 Å². The van der Waals surface area contributed by atoms with Crippen LogP contribution in [0.3, 0.4) is 0 Å². The Morgan fingerprint density at radius 1 is 1.19 bits per heavy atom. The van der Waals surface area contributed by atoms with Crippen LogP contribution in [-0.2, 0) is 6.54 Å². The number of ether oxygens (including phenoxy) is 1. The minimum atomic E-state index is 0.520. The SMILES string of the molecule is CCC1CNc2ccccc2N1Cc1cccc(OC)c1. The maximum absolute atomic E-state index is 5.34. The van der Waals surface area contributed by atoms with E-state index in [1.165, 1.54) is 16.9 Å². The van der Waals surface area contributed by atoms with Crippen LogP contribution >= 0.6 is 0 Å². The molecule has 1 aliphatic rings. The lowest BCUT2D eigenvalue weighted by Crippen LogP contribution is -2.43. The molecule has 0 saturated heterocycles. The minimum Gasteiger partial charge on any atom is -0.497 e. The van der Waals surface area contributed by atoms with Gasteiger partial charge in [-0.15, -0.1) is 0 Å². The van der Waals surface area contributed by atoms with E-state index in [1.54, 1.807) is 7.11 Å². The van der Waals surface area contributed by atoms with Crippen molar-refractivity contribution in [3.8, 4) is 5.75 Å². The van der Waals surface area contributed by atoms with Crippen LogP contribution in [0.2, 0.25) is 0 Å². The Morgan fingerprint density at radius 2 is 2.05 bits per heavy atom. The van der Waals surface area contributed by atoms with Gasteiger partial charge in [0.1, 0.15) is 5.75 Å². The highest BCUT2D eigenvalue weighted by Crippen LogP contribution is 2.33. The van der Waals surface area contributed by atoms with Crippen molar-refractivity contribution >= 4 is 11.4 Å². The smallest absolute Gasteiger partial charge is 0.119 e. The van der Waals surface area contributed by atoms with E-state index in [1.807, 2.05) is 6.07 Å². The van der Waals surface area contributed by atoms with Gasteiger partial charge in [-0.2, -0.15) is 0 Å². The van der Waals surface area contributed by atoms with Gasteiger partial charge in [0.05, 0.1) is 18.5 Å². The van der Waals surface area contributed by atoms with Crippen molar-refractivity contribution in [2.75, 3.05) is 23.9 Å². The summed E-state index contributed by atoms with van der Waals surface area (Å²) in [6.45, 7) is 4.16. The summed E-state index contributed by atoms with van der Waals surface area (Å²) in [5.74, 6) is 0.920. The van der Waals surface area contributed by atoms with Crippen molar-refractivity contribution in [2.24, 2.45) is 0 Å². The van der Waals surface area contributed by atoms with Crippen molar-refractivity contribution in [3.63, 3.8) is 0 Å². The first-order valence-corrected chi connectivity index (χ1v) is 7.54. The predicted molar refractivity (Wildman–Crippen MR) is 88.2 cm³/mol. The first-order chi connectivity index (χ1) is 10.3. The summed E-state index contributed by atoms with van der Waals surface area (Å²) in [5.41, 5.74) is 3.80. The molecule has 0 spiro atoms. The molecule has 3 nitrogen and oxygen atoms in total. The number of fused-ring (bicyclic) bond motifs is 1. The molecule has 21 heavy (non-hydrogen) atoms. The maximum atomic E-state index is 5.34. The molecule has 0 saturated carbocycles. The lowest BCUT2D eigenvalue weighted by molar-refractivity contribution is 0.414. The van der Waals surface area contributed by atoms with Gasteiger partial charge in [0, 0.05) is 19.1 Å². The van der Waals surface area contributed by atoms with E-state index in [9.17, 15) is 0 Å². The third kappa shape index (κ3) is 2.82. The molecule has 1 N–H and O–H groups in total. The third-order valence-electron chi connectivity index (χ3n) is 4.14. The summed E-state index contributed by atoms with van der Waals surface area (Å²) in [6, 6.07) is 17.4. The van der Waals surface area contributed by atoms with Crippen molar-refractivity contribution in [1.29, 1.82) is 0 Å². The normalized spacial score (nSPS) is 17.0. The molecule has 1 unspecified atom stereocenters. The van der Waals surface area contributed by atoms with Crippen LogP contribution in [0.5, 0.6) is 5.75 Å². The average molecular weight is 282 g/mol. The topological polar surface area (TPSA) is 24.5 Å². The lowest BCUT2D eigenvalue weighted by Gasteiger charge is -2.39. The number of rotatable bonds is 4. The molecule has 1 atom stereocenters. The molecule has 2 aromatic rings. The van der Waals surface area contributed by atoms with E-state index in [0.29, 0.717) is 6.04 Å². The van der Waals surface area contributed by atoms with Gasteiger partial charge in [0.2, 0.25) is 0 Å². The highest BCUT2D eigenvalue weighted by molar-refractivity contribution is 5.72. The molecule has 0 radical (unpaired) electrons. The molecule has 0 aromatic heterocycles. The van der Waals surface area contributed by atoms with Gasteiger partial charge < -0.3 is 15.0 Å². The standard InChI is InChI=1S/C18H22N2O/c1-3-15-12-19-17-9-4-5-10-18(17)20(15)13-14-7-6-8-16(11-14)21-2/h4-11,15,19H,3,12-13H2,1-2H3. The second kappa shape index (κ2) is 6.08. The zero-order valence-corrected chi connectivity index (χ0v) is 12.7. The summed E-state index contributed by atoms with van der Waals surface area (Å²) in [4.78, 5) is 2.50. The highest BCUT2D eigenvalue weighted by atomic mass is 16.5. The Kier molecular flexibility index (Phi) is 4.00. The predicted octanol–water partition coefficient (Wildman–Crippen LogP) is 3.91. The van der Waals surface area contributed by atoms with Crippen molar-refractivity contribution in [1.82, 2.24) is 0 Å². The van der Waals surface area contributed by atoms with Crippen LogP contribution in [0.25, 0.3) is 0 Å². The van der Waals surface area contributed by atoms with Crippen molar-refractivity contribution < 1.29 is 4.74 Å². The van der Waals surface area contributed by atoms with Crippen molar-refractivity contribution in [3.05, 3.63) is 54.1 Å². The maximum Gasteiger partial charge on any atom is 0.119 e. The zero-order chi connectivity index (χ0) is 14.7. The molecule has 0 aliphatic carbocycles. The van der Waals surface area contributed by atoms with Gasteiger partial charge >= 0.3 is 0 Å². The van der Waals surface area contributed by atoms with Crippen LogP contribution in [0.4, 0.5) is 11.4 Å². The summed E-state index contributed by atoms with van der Waals surface area (Å²) in [7, 11) is 1.72. The van der Waals surface area contributed by atoms with Gasteiger partial charge in [-0.1, -0.05) is 31.2 Å². The molecule has 0 fully saturated rings. The summed E-state index contributed by atoms with van der Waals surface area (Å²) in [6.07, 6.45) is 1.13. The number of nitrogens with zero attached hydrogens (tertiary/aromatic N) is 1. The molecular formula is C18H22N2O. The van der Waals surface area contributed by atoms with Crippen LogP contribution in [0, 0.1) is 0 Å². The zero-order valence-electron chi connectivity index (χ0n) is 12.7. The van der Waals surface area contributed by atoms with E-state index in [0.717, 1.165) is 25.3 Å². The first-order valence-electron chi connectivity index (χ1n) is 7.54. The van der Waals surface area contributed by atoms with Crippen molar-refractivity contribution in [2.45, 2.75) is 25.9 Å². The number of anilines is 2. The third-order valence-corrected chi connectivity index (χ3v) is 4.14. The fourth-order valence-electron chi connectivity index (χ4n) is 2.95. The van der Waals surface area contributed by atoms with Gasteiger partial charge in [-0.3, -0.25) is 0 Å². The average Bonchev–Trinajstić information content (AvgIpc) is 2.55. The van der Waals surface area contributed by atoms with Crippen LogP contribution < -0.4 is 15.0 Å². The molecular weight excluding hydrogens is 260 g/mol. The second-order valence-electron chi connectivity index (χ2n) is 5.44. The number of para-hydroxylation sites is 2. The molecule has 3 rings (SSSR count). The molecule has 110 valence electrons. The number of hydrogen-bond acceptors (Lipinski definition) is 3. The fourth-order valence-corrected chi connectivity index (χ4v) is 2.95. The molecule has 1 heterocycles. The second-order valence-corrected chi connectivity index (χ2v) is 5.44. The van der Waals surface area contributed by atoms with E-state index in [4.69, 9.17) is 4.74 Å². The minimum absolute atomic E-state index is 0.520. The van der Waals surface area contributed by atoms with E-state index in [2.05, 4.69) is 59.6 Å². The number of nitrogens with one attached hydrogen (secondary N) is 1. The van der Waals surface area contributed by atoms with E-state index >= 15 is 0 Å². The van der Waals surface area contributed by atoms with Gasteiger partial charge in [-0.25, -0.2) is 0 Å². The Labute approximate surface area is 126 Å². The molecule has 0 bridgehead atoms. The first kappa shape index (κ1) is 13.8. The van der Waals surface area contributed by atoms with Crippen LogP contribution in [-0.4, -0.2) is 19.7 Å². The summed E-state index contributed by atoms with van der Waals surface area (Å²) < 4.78 is 5.34.